The van der Waals surface area contributed by atoms with Crippen LogP contribution in [-0.2, 0) is 14.6 Å². The van der Waals surface area contributed by atoms with Crippen LogP contribution >= 0.6 is 0 Å². The molecule has 0 saturated carbocycles. The quantitative estimate of drug-likeness (QED) is 0.616. The van der Waals surface area contributed by atoms with Gasteiger partial charge in [-0.05, 0) is 30.1 Å². The number of carbonyl (C=O) groups excluding carboxylic acids is 1. The number of amides is 1. The minimum absolute atomic E-state index is 0.0267. The zero-order valence-electron chi connectivity index (χ0n) is 18.6. The van der Waals surface area contributed by atoms with Gasteiger partial charge in [-0.25, -0.2) is 17.2 Å². The van der Waals surface area contributed by atoms with E-state index in [4.69, 9.17) is 9.26 Å². The monoisotopic (exact) mass is 484 g/mol. The van der Waals surface area contributed by atoms with Crippen LogP contribution in [0.25, 0.3) is 0 Å². The molecule has 180 valence electrons. The second-order valence-electron chi connectivity index (χ2n) is 8.72. The Kier molecular flexibility index (Phi) is 6.30. The van der Waals surface area contributed by atoms with E-state index in [0.29, 0.717) is 56.4 Å². The Bertz CT molecular complexity index is 1120. The van der Waals surface area contributed by atoms with E-state index in [1.165, 1.54) is 0 Å². The first-order chi connectivity index (χ1) is 15.5. The molecule has 1 amide bonds. The van der Waals surface area contributed by atoms with Crippen LogP contribution in [0.1, 0.15) is 44.9 Å². The Morgan fingerprint density at radius 2 is 1.76 bits per heavy atom. The molecular formula is C21H26F2N4O5S. The predicted molar refractivity (Wildman–Crippen MR) is 114 cm³/mol. The van der Waals surface area contributed by atoms with Gasteiger partial charge in [0.05, 0.1) is 4.90 Å². The summed E-state index contributed by atoms with van der Waals surface area (Å²) < 4.78 is 62.4. The van der Waals surface area contributed by atoms with Gasteiger partial charge in [0.1, 0.15) is 0 Å². The summed E-state index contributed by atoms with van der Waals surface area (Å²) in [6.45, 7) is 5.65. The van der Waals surface area contributed by atoms with Crippen LogP contribution in [0.15, 0.2) is 21.6 Å². The van der Waals surface area contributed by atoms with E-state index >= 15 is 0 Å². The number of benzene rings is 1. The van der Waals surface area contributed by atoms with Gasteiger partial charge in [-0.3, -0.25) is 4.79 Å². The van der Waals surface area contributed by atoms with Gasteiger partial charge in [-0.1, -0.05) is 13.8 Å². The molecule has 1 atom stereocenters. The lowest BCUT2D eigenvalue weighted by molar-refractivity contribution is -0.135. The number of hydrogen-bond donors (Lipinski definition) is 0. The summed E-state index contributed by atoms with van der Waals surface area (Å²) in [5, 5.41) is 4.03. The van der Waals surface area contributed by atoms with Crippen LogP contribution in [0.5, 0.6) is 5.75 Å². The Hall–Kier alpha value is -2.76. The number of hydrogen-bond acceptors (Lipinski definition) is 8. The predicted octanol–water partition coefficient (Wildman–Crippen LogP) is 2.52. The number of likely N-dealkylation sites (tertiary alicyclic amines) is 1. The van der Waals surface area contributed by atoms with Crippen LogP contribution < -0.4 is 9.64 Å². The normalized spacial score (nSPS) is 20.2. The average Bonchev–Trinajstić information content (AvgIpc) is 3.38. The van der Waals surface area contributed by atoms with Crippen LogP contribution in [0.3, 0.4) is 0 Å². The number of aromatic nitrogens is 2. The number of anilines is 1. The molecule has 9 nitrogen and oxygen atoms in total. The molecule has 2 aliphatic heterocycles. The first-order valence-electron chi connectivity index (χ1n) is 10.8. The molecule has 2 aliphatic rings. The van der Waals surface area contributed by atoms with Gasteiger partial charge in [-0.2, -0.15) is 4.98 Å². The van der Waals surface area contributed by atoms with Crippen molar-refractivity contribution in [1.29, 1.82) is 0 Å². The third-order valence-corrected chi connectivity index (χ3v) is 7.06. The van der Waals surface area contributed by atoms with E-state index in [9.17, 15) is 22.0 Å². The van der Waals surface area contributed by atoms with Gasteiger partial charge >= 0.3 is 0 Å². The molecule has 2 saturated heterocycles. The second kappa shape index (κ2) is 8.88. The Balaban J connectivity index is 1.38. The maximum absolute atomic E-state index is 14.4. The molecule has 1 aromatic heterocycles. The van der Waals surface area contributed by atoms with Crippen LogP contribution in [0.4, 0.5) is 14.7 Å². The number of ether oxygens (including phenoxy) is 1. The van der Waals surface area contributed by atoms with Crippen LogP contribution in [0.2, 0.25) is 0 Å². The van der Waals surface area contributed by atoms with E-state index in [1.807, 2.05) is 18.7 Å². The smallest absolute Gasteiger partial charge is 0.266 e. The third kappa shape index (κ3) is 4.80. The van der Waals surface area contributed by atoms with Crippen molar-refractivity contribution < 1.29 is 31.3 Å². The first-order valence-corrected chi connectivity index (χ1v) is 12.7. The summed E-state index contributed by atoms with van der Waals surface area (Å²) in [7, 11) is -3.78. The standard InChI is InChI=1S/C21H26F2N4O5S/c1-12(2)19-24-21(25-32-19)26-7-4-13(5-8-26)27-9-6-17(20(27)28)31-18-15(22)10-14(11-16(18)23)33(3,29)30/h10-13,17H,4-9H2,1-3H3. The lowest BCUT2D eigenvalue weighted by Gasteiger charge is -2.36. The van der Waals surface area contributed by atoms with Gasteiger partial charge in [0, 0.05) is 44.3 Å². The average molecular weight is 485 g/mol. The van der Waals surface area contributed by atoms with E-state index in [0.717, 1.165) is 6.26 Å². The topological polar surface area (TPSA) is 106 Å². The molecular weight excluding hydrogens is 458 g/mol. The lowest BCUT2D eigenvalue weighted by Crippen LogP contribution is -2.47. The number of carbonyl (C=O) groups is 1. The summed E-state index contributed by atoms with van der Waals surface area (Å²) in [4.78, 5) is 20.5. The van der Waals surface area contributed by atoms with Gasteiger partial charge < -0.3 is 19.1 Å². The molecule has 2 aromatic rings. The fourth-order valence-electron chi connectivity index (χ4n) is 4.12. The highest BCUT2D eigenvalue weighted by Crippen LogP contribution is 2.31. The summed E-state index contributed by atoms with van der Waals surface area (Å²) in [6.07, 6.45) is 1.50. The maximum Gasteiger partial charge on any atom is 0.266 e. The second-order valence-corrected chi connectivity index (χ2v) is 10.7. The van der Waals surface area contributed by atoms with Crippen molar-refractivity contribution in [3.05, 3.63) is 29.7 Å². The van der Waals surface area contributed by atoms with Crippen molar-refractivity contribution in [2.24, 2.45) is 0 Å². The minimum atomic E-state index is -3.78. The van der Waals surface area contributed by atoms with E-state index in [1.54, 1.807) is 4.90 Å². The van der Waals surface area contributed by atoms with E-state index < -0.39 is 38.2 Å². The Morgan fingerprint density at radius 1 is 1.12 bits per heavy atom. The summed E-state index contributed by atoms with van der Waals surface area (Å²) in [5.74, 6) is -2.14. The molecule has 4 rings (SSSR count). The molecule has 0 radical (unpaired) electrons. The van der Waals surface area contributed by atoms with E-state index in [2.05, 4.69) is 10.1 Å². The fourth-order valence-corrected chi connectivity index (χ4v) is 4.75. The number of piperidine rings is 1. The highest BCUT2D eigenvalue weighted by Gasteiger charge is 2.39. The van der Waals surface area contributed by atoms with E-state index in [-0.39, 0.29) is 24.3 Å². The molecule has 0 N–H and O–H groups in total. The Labute approximate surface area is 190 Å². The fraction of sp³-hybridized carbons (Fsp3) is 0.571. The highest BCUT2D eigenvalue weighted by molar-refractivity contribution is 7.90. The largest absolute Gasteiger partial charge is 0.474 e. The molecule has 1 aromatic carbocycles. The number of nitrogens with zero attached hydrogens (tertiary/aromatic N) is 4. The lowest BCUT2D eigenvalue weighted by atomic mass is 10.0. The third-order valence-electron chi connectivity index (χ3n) is 5.96. The van der Waals surface area contributed by atoms with Gasteiger partial charge in [0.15, 0.2) is 33.3 Å². The van der Waals surface area contributed by atoms with Gasteiger partial charge in [0.2, 0.25) is 5.89 Å². The molecule has 0 bridgehead atoms. The number of halogens is 2. The molecule has 0 aliphatic carbocycles. The zero-order valence-corrected chi connectivity index (χ0v) is 19.4. The van der Waals surface area contributed by atoms with Crippen molar-refractivity contribution in [3.8, 4) is 5.75 Å². The highest BCUT2D eigenvalue weighted by atomic mass is 32.2. The van der Waals surface area contributed by atoms with Crippen molar-refractivity contribution in [1.82, 2.24) is 15.0 Å². The number of rotatable bonds is 6. The minimum Gasteiger partial charge on any atom is -0.474 e. The van der Waals surface area contributed by atoms with Gasteiger partial charge in [-0.15, -0.1) is 0 Å². The SMILES string of the molecule is CC(C)c1nc(N2CCC(N3CCC(Oc4c(F)cc(S(C)(=O)=O)cc4F)C3=O)CC2)no1. The molecule has 3 heterocycles. The van der Waals surface area contributed by atoms with Crippen molar-refractivity contribution in [2.45, 2.75) is 56.1 Å². The summed E-state index contributed by atoms with van der Waals surface area (Å²) >= 11 is 0. The summed E-state index contributed by atoms with van der Waals surface area (Å²) in [5.41, 5.74) is 0. The first kappa shape index (κ1) is 23.4. The molecule has 33 heavy (non-hydrogen) atoms. The Morgan fingerprint density at radius 3 is 2.30 bits per heavy atom. The van der Waals surface area contributed by atoms with Crippen molar-refractivity contribution in [3.63, 3.8) is 0 Å². The molecule has 12 heteroatoms. The summed E-state index contributed by atoms with van der Waals surface area (Å²) in [6, 6.07) is 1.37. The van der Waals surface area contributed by atoms with Crippen molar-refractivity contribution >= 4 is 21.7 Å². The molecule has 2 fully saturated rings. The van der Waals surface area contributed by atoms with Gasteiger partial charge in [0.25, 0.3) is 11.9 Å². The number of sulfone groups is 1. The van der Waals surface area contributed by atoms with Crippen LogP contribution in [-0.4, -0.2) is 67.4 Å². The zero-order chi connectivity index (χ0) is 23.9. The molecule has 1 unspecified atom stereocenters. The van der Waals surface area contributed by atoms with Crippen LogP contribution in [0, 0.1) is 11.6 Å². The maximum atomic E-state index is 14.4. The molecule has 0 spiro atoms. The van der Waals surface area contributed by atoms with Crippen molar-refractivity contribution in [2.75, 3.05) is 30.8 Å².